The molecule has 0 fully saturated rings. The second-order valence-electron chi connectivity index (χ2n) is 6.34. The van der Waals surface area contributed by atoms with E-state index in [2.05, 4.69) is 10.5 Å². The number of para-hydroxylation sites is 1. The van der Waals surface area contributed by atoms with E-state index >= 15 is 0 Å². The van der Waals surface area contributed by atoms with Gasteiger partial charge in [0.1, 0.15) is 4.90 Å². The molecule has 0 bridgehead atoms. The van der Waals surface area contributed by atoms with Crippen molar-refractivity contribution in [2.75, 3.05) is 0 Å². The van der Waals surface area contributed by atoms with Crippen molar-refractivity contribution >= 4 is 22.2 Å². The molecule has 0 unspecified atom stereocenters. The summed E-state index contributed by atoms with van der Waals surface area (Å²) in [6, 6.07) is 22.2. The van der Waals surface area contributed by atoms with Gasteiger partial charge in [-0.05, 0) is 36.8 Å². The highest BCUT2D eigenvalue weighted by molar-refractivity contribution is 7.87. The largest absolute Gasteiger partial charge is 0.378 e. The summed E-state index contributed by atoms with van der Waals surface area (Å²) in [5, 5.41) is 3.91. The third-order valence-electron chi connectivity index (χ3n) is 4.03. The van der Waals surface area contributed by atoms with Crippen LogP contribution in [-0.2, 0) is 21.3 Å². The molecule has 148 valence electrons. The third kappa shape index (κ3) is 5.76. The van der Waals surface area contributed by atoms with Crippen molar-refractivity contribution in [3.8, 4) is 5.75 Å². The van der Waals surface area contributed by atoms with Crippen LogP contribution in [0.3, 0.4) is 0 Å². The number of hydrazone groups is 1. The summed E-state index contributed by atoms with van der Waals surface area (Å²) >= 11 is 0. The molecule has 0 aliphatic carbocycles. The smallest absolute Gasteiger partial charge is 0.339 e. The highest BCUT2D eigenvalue weighted by Gasteiger charge is 2.17. The molecule has 3 aromatic carbocycles. The molecule has 7 heteroatoms. The van der Waals surface area contributed by atoms with Gasteiger partial charge in [0.15, 0.2) is 5.75 Å². The van der Waals surface area contributed by atoms with Gasteiger partial charge in [-0.1, -0.05) is 60.2 Å². The lowest BCUT2D eigenvalue weighted by Crippen LogP contribution is -2.19. The van der Waals surface area contributed by atoms with Crippen molar-refractivity contribution in [2.24, 2.45) is 5.10 Å². The number of amides is 1. The number of benzene rings is 3. The molecule has 0 aliphatic rings. The minimum atomic E-state index is -3.98. The molecule has 3 rings (SSSR count). The molecule has 0 saturated carbocycles. The summed E-state index contributed by atoms with van der Waals surface area (Å²) < 4.78 is 30.3. The molecule has 0 atom stereocenters. The summed E-state index contributed by atoms with van der Waals surface area (Å²) in [5.41, 5.74) is 4.67. The molecule has 0 saturated heterocycles. The summed E-state index contributed by atoms with van der Waals surface area (Å²) in [7, 11) is -3.98. The Hall–Kier alpha value is -3.45. The van der Waals surface area contributed by atoms with Gasteiger partial charge >= 0.3 is 10.1 Å². The molecular formula is C22H20N2O4S. The SMILES string of the molecule is Cc1ccc(S(=O)(=O)Oc2ccccc2/C=N\NC(=O)Cc2ccccc2)cc1. The van der Waals surface area contributed by atoms with Crippen LogP contribution < -0.4 is 9.61 Å². The van der Waals surface area contributed by atoms with E-state index in [0.717, 1.165) is 11.1 Å². The van der Waals surface area contributed by atoms with E-state index in [1.54, 1.807) is 30.3 Å². The van der Waals surface area contributed by atoms with Crippen LogP contribution in [0.4, 0.5) is 0 Å². The monoisotopic (exact) mass is 408 g/mol. The number of hydrogen-bond donors (Lipinski definition) is 1. The topological polar surface area (TPSA) is 84.8 Å². The summed E-state index contributed by atoms with van der Waals surface area (Å²) in [5.74, 6) is -0.160. The zero-order valence-corrected chi connectivity index (χ0v) is 16.6. The number of aryl methyl sites for hydroxylation is 1. The Bertz CT molecular complexity index is 1110. The standard InChI is InChI=1S/C22H20N2O4S/c1-17-11-13-20(14-12-17)29(26,27)28-21-10-6-5-9-19(21)16-23-24-22(25)15-18-7-3-2-4-8-18/h2-14,16H,15H2,1H3,(H,24,25)/b23-16-. The van der Waals surface area contributed by atoms with E-state index in [4.69, 9.17) is 4.18 Å². The van der Waals surface area contributed by atoms with Gasteiger partial charge in [0.2, 0.25) is 5.91 Å². The number of nitrogens with one attached hydrogen (secondary N) is 1. The molecule has 0 radical (unpaired) electrons. The number of nitrogens with zero attached hydrogens (tertiary/aromatic N) is 1. The van der Waals surface area contributed by atoms with E-state index < -0.39 is 10.1 Å². The highest BCUT2D eigenvalue weighted by atomic mass is 32.2. The molecule has 0 heterocycles. The fraction of sp³-hybridized carbons (Fsp3) is 0.0909. The van der Waals surface area contributed by atoms with Crippen molar-refractivity contribution < 1.29 is 17.4 Å². The van der Waals surface area contributed by atoms with Gasteiger partial charge in [0.05, 0.1) is 12.6 Å². The van der Waals surface area contributed by atoms with Gasteiger partial charge in [0.25, 0.3) is 0 Å². The number of carbonyl (C=O) groups is 1. The predicted molar refractivity (Wildman–Crippen MR) is 111 cm³/mol. The van der Waals surface area contributed by atoms with Crippen LogP contribution in [0.1, 0.15) is 16.7 Å². The molecule has 0 spiro atoms. The van der Waals surface area contributed by atoms with Gasteiger partial charge in [-0.3, -0.25) is 4.79 Å². The Kier molecular flexibility index (Phi) is 6.41. The maximum absolute atomic E-state index is 12.5. The molecular weight excluding hydrogens is 388 g/mol. The second-order valence-corrected chi connectivity index (χ2v) is 7.89. The van der Waals surface area contributed by atoms with Crippen LogP contribution in [0, 0.1) is 6.92 Å². The first-order valence-electron chi connectivity index (χ1n) is 8.90. The lowest BCUT2D eigenvalue weighted by Gasteiger charge is -2.09. The first kappa shape index (κ1) is 20.3. The van der Waals surface area contributed by atoms with Crippen molar-refractivity contribution in [1.29, 1.82) is 0 Å². The summed E-state index contributed by atoms with van der Waals surface area (Å²) in [6.45, 7) is 1.87. The van der Waals surface area contributed by atoms with Crippen molar-refractivity contribution in [3.63, 3.8) is 0 Å². The zero-order valence-electron chi connectivity index (χ0n) is 15.8. The summed E-state index contributed by atoms with van der Waals surface area (Å²) in [4.78, 5) is 12.0. The van der Waals surface area contributed by atoms with E-state index in [-0.39, 0.29) is 23.0 Å². The normalized spacial score (nSPS) is 11.3. The quantitative estimate of drug-likeness (QED) is 0.369. The van der Waals surface area contributed by atoms with Crippen LogP contribution in [-0.4, -0.2) is 20.5 Å². The highest BCUT2D eigenvalue weighted by Crippen LogP contribution is 2.22. The minimum Gasteiger partial charge on any atom is -0.378 e. The zero-order chi connectivity index (χ0) is 20.7. The fourth-order valence-corrected chi connectivity index (χ4v) is 3.48. The summed E-state index contributed by atoms with van der Waals surface area (Å²) in [6.07, 6.45) is 1.54. The first-order chi connectivity index (χ1) is 13.9. The Balaban J connectivity index is 1.69. The van der Waals surface area contributed by atoms with Crippen molar-refractivity contribution in [1.82, 2.24) is 5.43 Å². The number of hydrogen-bond acceptors (Lipinski definition) is 5. The van der Waals surface area contributed by atoms with E-state index in [0.29, 0.717) is 5.56 Å². The van der Waals surface area contributed by atoms with Gasteiger partial charge in [-0.25, -0.2) is 5.43 Å². The van der Waals surface area contributed by atoms with Gasteiger partial charge in [-0.15, -0.1) is 0 Å². The minimum absolute atomic E-state index is 0.0611. The Morgan fingerprint density at radius 3 is 2.34 bits per heavy atom. The van der Waals surface area contributed by atoms with Crippen LogP contribution in [0.15, 0.2) is 88.9 Å². The van der Waals surface area contributed by atoms with Crippen molar-refractivity contribution in [2.45, 2.75) is 18.2 Å². The maximum Gasteiger partial charge on any atom is 0.339 e. The molecule has 1 N–H and O–H groups in total. The molecule has 29 heavy (non-hydrogen) atoms. The van der Waals surface area contributed by atoms with Gasteiger partial charge in [0, 0.05) is 5.56 Å². The first-order valence-corrected chi connectivity index (χ1v) is 10.3. The lowest BCUT2D eigenvalue weighted by molar-refractivity contribution is -0.120. The average molecular weight is 408 g/mol. The lowest BCUT2D eigenvalue weighted by atomic mass is 10.1. The predicted octanol–water partition coefficient (Wildman–Crippen LogP) is 3.46. The molecule has 6 nitrogen and oxygen atoms in total. The fourth-order valence-electron chi connectivity index (χ4n) is 2.53. The number of rotatable bonds is 7. The Morgan fingerprint density at radius 1 is 0.966 bits per heavy atom. The number of carbonyl (C=O) groups excluding carboxylic acids is 1. The van der Waals surface area contributed by atoms with E-state index in [1.807, 2.05) is 37.3 Å². The molecule has 0 aromatic heterocycles. The molecule has 1 amide bonds. The van der Waals surface area contributed by atoms with E-state index in [9.17, 15) is 13.2 Å². The van der Waals surface area contributed by atoms with Crippen LogP contribution in [0.2, 0.25) is 0 Å². The Labute approximate surface area is 170 Å². The molecule has 0 aliphatic heterocycles. The van der Waals surface area contributed by atoms with Gasteiger partial charge in [-0.2, -0.15) is 13.5 Å². The van der Waals surface area contributed by atoms with Crippen LogP contribution >= 0.6 is 0 Å². The van der Waals surface area contributed by atoms with Crippen LogP contribution in [0.25, 0.3) is 0 Å². The van der Waals surface area contributed by atoms with Crippen LogP contribution in [0.5, 0.6) is 5.75 Å². The van der Waals surface area contributed by atoms with Gasteiger partial charge < -0.3 is 4.18 Å². The Morgan fingerprint density at radius 2 is 1.62 bits per heavy atom. The van der Waals surface area contributed by atoms with Crippen molar-refractivity contribution in [3.05, 3.63) is 95.6 Å². The third-order valence-corrected chi connectivity index (χ3v) is 5.28. The maximum atomic E-state index is 12.5. The second kappa shape index (κ2) is 9.16. The molecule has 3 aromatic rings. The van der Waals surface area contributed by atoms with E-state index in [1.165, 1.54) is 24.4 Å². The average Bonchev–Trinajstić information content (AvgIpc) is 2.70.